The summed E-state index contributed by atoms with van der Waals surface area (Å²) in [7, 11) is 4.47. The van der Waals surface area contributed by atoms with Crippen molar-refractivity contribution < 1.29 is 141 Å². The van der Waals surface area contributed by atoms with Crippen LogP contribution in [0, 0.1) is 22.7 Å². The number of carbonyl (C=O) groups excluding carboxylic acids is 2. The van der Waals surface area contributed by atoms with Gasteiger partial charge in [0.05, 0.1) is 67.4 Å². The molecule has 9 N–H and O–H groups in total. The van der Waals surface area contributed by atoms with Crippen LogP contribution in [0.2, 0.25) is 0 Å². The van der Waals surface area contributed by atoms with Gasteiger partial charge in [0.15, 0.2) is 31.5 Å². The van der Waals surface area contributed by atoms with E-state index < -0.39 is 207 Å². The zero-order chi connectivity index (χ0) is 67.4. The van der Waals surface area contributed by atoms with E-state index in [0.717, 1.165) is 19.3 Å². The molecule has 1 aromatic rings. The molecule has 0 amide bonds. The van der Waals surface area contributed by atoms with Crippen LogP contribution in [-0.4, -0.2) is 281 Å². The molecule has 1 unspecified atom stereocenters. The van der Waals surface area contributed by atoms with Gasteiger partial charge in [-0.05, 0) is 103 Å². The summed E-state index contributed by atoms with van der Waals surface area (Å²) in [5, 5.41) is 98.7. The molecule has 12 rings (SSSR count). The summed E-state index contributed by atoms with van der Waals surface area (Å²) in [6.45, 7) is 10.9. The average molecular weight is 1340 g/mol. The number of aliphatic hydroxyl groups excluding tert-OH is 8. The highest BCUT2D eigenvalue weighted by molar-refractivity contribution is 5.89. The summed E-state index contributed by atoms with van der Waals surface area (Å²) < 4.78 is 114. The Bertz CT molecular complexity index is 2770. The lowest BCUT2D eigenvalue weighted by atomic mass is 9.40. The number of esters is 2. The van der Waals surface area contributed by atoms with Crippen LogP contribution in [0.4, 0.5) is 0 Å². The molecule has 7 heterocycles. The predicted octanol–water partition coefficient (Wildman–Crippen LogP) is 0.109. The Morgan fingerprint density at radius 3 is 1.84 bits per heavy atom. The van der Waals surface area contributed by atoms with Gasteiger partial charge in [-0.25, -0.2) is 4.79 Å². The quantitative estimate of drug-likeness (QED) is 0.0655. The fourth-order valence-corrected chi connectivity index (χ4v) is 18.7. The first-order chi connectivity index (χ1) is 44.7. The van der Waals surface area contributed by atoms with Crippen LogP contribution in [0.25, 0.3) is 0 Å². The van der Waals surface area contributed by atoms with Crippen molar-refractivity contribution in [1.29, 1.82) is 0 Å². The Morgan fingerprint density at radius 1 is 0.606 bits per heavy atom. The maximum absolute atomic E-state index is 13.6. The van der Waals surface area contributed by atoms with E-state index in [0.29, 0.717) is 37.7 Å². The van der Waals surface area contributed by atoms with Crippen LogP contribution in [0.3, 0.4) is 0 Å². The number of hydrogen-bond donors (Lipinski definition) is 9. The minimum absolute atomic E-state index is 0.0422. The van der Waals surface area contributed by atoms with E-state index in [1.807, 2.05) is 13.0 Å². The van der Waals surface area contributed by atoms with Crippen molar-refractivity contribution >= 4 is 11.9 Å². The standard InChI is InChI=1S/C65H98O29/c1-29-51(89-44-24-38(78-9)52(30(2)82-44)90-59-50(74)55(79-10)53(31(3)83-59)91-58-49(73)47(71)54(40(27-67)88-58)92-57-48(72)46(70)45(69)39(26-66)87-57)37(77-8)23-43(81-29)86-36-17-18-60(6)35(22-36)16-19-64-41(60)25-42(85-33(5)68)62-28-80-61(7,93-64)94-65(62,64)21-20-63(62,76)32(4)84-56(75)34-14-12-11-13-15-34/h11-15,29-32,35-55,57-59,66-67,69-74,76H,16-28H2,1-10H3/t29-,30-,31-,32+,35+,36+,37+,38-,39-,40-,41-,42-,43+,44+,45-,46+,47-,48-,49-,50-,51-,52-,53-,54-,55-,57+,58+,59+,60+,61?,62-,63-,64+,65-/m1/s1. The molecule has 0 aromatic heterocycles. The third-order valence-corrected chi connectivity index (χ3v) is 23.4. The largest absolute Gasteiger partial charge is 0.462 e. The maximum Gasteiger partial charge on any atom is 0.338 e. The Morgan fingerprint density at radius 2 is 1.20 bits per heavy atom. The van der Waals surface area contributed by atoms with E-state index in [4.69, 9.17) is 85.3 Å². The first-order valence-electron chi connectivity index (χ1n) is 33.3. The number of fused-ring (bicyclic) bond motifs is 3. The molecule has 11 fully saturated rings. The summed E-state index contributed by atoms with van der Waals surface area (Å²) >= 11 is 0. The van der Waals surface area contributed by atoms with E-state index in [-0.39, 0.29) is 42.8 Å². The predicted molar refractivity (Wildman–Crippen MR) is 315 cm³/mol. The molecule has 11 aliphatic rings. The molecule has 34 atom stereocenters. The third kappa shape index (κ3) is 11.8. The monoisotopic (exact) mass is 1340 g/mol. The minimum Gasteiger partial charge on any atom is -0.462 e. The number of methoxy groups -OCH3 is 3. The highest BCUT2D eigenvalue weighted by atomic mass is 16.9. The van der Waals surface area contributed by atoms with Gasteiger partial charge in [-0.15, -0.1) is 0 Å². The van der Waals surface area contributed by atoms with Crippen molar-refractivity contribution in [3.05, 3.63) is 35.9 Å². The Balaban J connectivity index is 0.653. The number of ether oxygens (including phenoxy) is 18. The molecule has 1 aromatic carbocycles. The lowest BCUT2D eigenvalue weighted by Crippen LogP contribution is -2.81. The fourth-order valence-electron chi connectivity index (χ4n) is 18.7. The van der Waals surface area contributed by atoms with E-state index in [2.05, 4.69) is 6.92 Å². The first-order valence-corrected chi connectivity index (χ1v) is 33.3. The molecule has 94 heavy (non-hydrogen) atoms. The van der Waals surface area contributed by atoms with Gasteiger partial charge in [0.25, 0.3) is 5.97 Å². The topological polar surface area (TPSA) is 382 Å². The second-order valence-corrected chi connectivity index (χ2v) is 28.3. The molecule has 532 valence electrons. The molecule has 29 nitrogen and oxygen atoms in total. The van der Waals surface area contributed by atoms with E-state index in [1.165, 1.54) is 21.1 Å². The number of benzene rings is 1. The molecule has 29 heteroatoms. The second-order valence-electron chi connectivity index (χ2n) is 28.3. The van der Waals surface area contributed by atoms with Gasteiger partial charge in [-0.3, -0.25) is 4.79 Å². The first kappa shape index (κ1) is 71.0. The molecular weight excluding hydrogens is 1240 g/mol. The van der Waals surface area contributed by atoms with Crippen molar-refractivity contribution in [2.75, 3.05) is 41.2 Å². The molecule has 2 spiro atoms. The minimum atomic E-state index is -1.87. The average Bonchev–Trinajstić information content (AvgIpc) is 1.44. The Kier molecular flexibility index (Phi) is 20.6. The van der Waals surface area contributed by atoms with E-state index >= 15 is 0 Å². The number of carbonyl (C=O) groups is 2. The zero-order valence-corrected chi connectivity index (χ0v) is 54.9. The zero-order valence-electron chi connectivity index (χ0n) is 54.9. The van der Waals surface area contributed by atoms with Crippen LogP contribution in [0.15, 0.2) is 30.3 Å². The normalized spacial score (nSPS) is 51.8. The molecule has 7 saturated heterocycles. The maximum atomic E-state index is 13.6. The fraction of sp³-hybridized carbons (Fsp3) is 0.877. The lowest BCUT2D eigenvalue weighted by Gasteiger charge is -2.69. The van der Waals surface area contributed by atoms with Gasteiger partial charge in [-0.2, -0.15) is 0 Å². The van der Waals surface area contributed by atoms with Crippen molar-refractivity contribution in [2.45, 2.75) is 295 Å². The van der Waals surface area contributed by atoms with Crippen molar-refractivity contribution in [2.24, 2.45) is 22.7 Å². The molecular formula is C65H98O29. The van der Waals surface area contributed by atoms with Crippen molar-refractivity contribution in [3.63, 3.8) is 0 Å². The SMILES string of the molecule is CO[C@@H]1[C@@H](O)[C@H](O[C@@H]2[C@@H](C)O[C@@H](O[C@H]3[C@@H](OC)C[C@H](O[C@H]4CC[C@@]5(C)[C@@H](CC[C@]67OC8(C)OC[C@]9([C@H](OC(C)=O)C[C@H]56)[C@@]7(CC[C@@]9(O)[C@H](C)OC(=O)c5ccccc5)O8)C4)O[C@@H]3C)C[C@H]2OC)O[C@H](C)[C@H]1O[C@@H]1O[C@H](CO)[C@@H](O[C@@H]2O[C@H](CO)[C@@H](O)[C@H](O)[C@H]2O)[C@H](O)[C@H]1O. The van der Waals surface area contributed by atoms with E-state index in [1.54, 1.807) is 59.1 Å². The van der Waals surface area contributed by atoms with Gasteiger partial charge >= 0.3 is 11.9 Å². The lowest BCUT2D eigenvalue weighted by molar-refractivity contribution is -0.405. The Labute approximate surface area is 545 Å². The molecule has 2 bridgehead atoms. The van der Waals surface area contributed by atoms with Crippen LogP contribution in [-0.2, 0) is 90.1 Å². The summed E-state index contributed by atoms with van der Waals surface area (Å²) in [4.78, 5) is 26.9. The summed E-state index contributed by atoms with van der Waals surface area (Å²) in [6, 6.07) is 8.63. The number of aliphatic hydroxyl groups is 9. The number of rotatable bonds is 19. The van der Waals surface area contributed by atoms with Crippen LogP contribution in [0.1, 0.15) is 123 Å². The van der Waals surface area contributed by atoms with Gasteiger partial charge in [-0.1, -0.05) is 25.1 Å². The highest BCUT2D eigenvalue weighted by Crippen LogP contribution is 2.79. The summed E-state index contributed by atoms with van der Waals surface area (Å²) in [5.41, 5.74) is -5.21. The van der Waals surface area contributed by atoms with Gasteiger partial charge < -0.3 is 131 Å². The molecule has 4 aliphatic carbocycles. The smallest absolute Gasteiger partial charge is 0.338 e. The van der Waals surface area contributed by atoms with Gasteiger partial charge in [0.1, 0.15) is 108 Å². The van der Waals surface area contributed by atoms with Crippen molar-refractivity contribution in [1.82, 2.24) is 0 Å². The van der Waals surface area contributed by atoms with Gasteiger partial charge in [0, 0.05) is 53.9 Å². The Hall–Kier alpha value is -2.84. The van der Waals surface area contributed by atoms with Crippen molar-refractivity contribution in [3.8, 4) is 0 Å². The van der Waals surface area contributed by atoms with Crippen LogP contribution < -0.4 is 0 Å². The third-order valence-electron chi connectivity index (χ3n) is 23.4. The summed E-state index contributed by atoms with van der Waals surface area (Å²) in [6.07, 6.45) is -25.2. The van der Waals surface area contributed by atoms with E-state index in [9.17, 15) is 55.5 Å². The second kappa shape index (κ2) is 27.3. The molecule has 7 aliphatic heterocycles. The molecule has 0 radical (unpaired) electrons. The summed E-state index contributed by atoms with van der Waals surface area (Å²) in [5.74, 6) is -2.56. The number of hydrogen-bond acceptors (Lipinski definition) is 29. The molecule has 4 saturated carbocycles. The van der Waals surface area contributed by atoms with Crippen LogP contribution >= 0.6 is 0 Å². The highest BCUT2D eigenvalue weighted by Gasteiger charge is 2.91. The van der Waals surface area contributed by atoms with Crippen LogP contribution in [0.5, 0.6) is 0 Å². The van der Waals surface area contributed by atoms with Gasteiger partial charge in [0.2, 0.25) is 0 Å².